The van der Waals surface area contributed by atoms with Gasteiger partial charge in [0.1, 0.15) is 0 Å². The minimum Gasteiger partial charge on any atom is -0.409 e. The maximum Gasteiger partial charge on any atom is 0.285 e. The molecule has 0 heterocycles. The molecule has 1 unspecified atom stereocenters. The van der Waals surface area contributed by atoms with Gasteiger partial charge < -0.3 is 10.9 Å². The van der Waals surface area contributed by atoms with Crippen molar-refractivity contribution in [3.63, 3.8) is 0 Å². The molecule has 0 aliphatic heterocycles. The Bertz CT molecular complexity index is 409. The Morgan fingerprint density at radius 2 is 2.00 bits per heavy atom. The van der Waals surface area contributed by atoms with E-state index >= 15 is 0 Å². The van der Waals surface area contributed by atoms with Crippen LogP contribution < -0.4 is 5.73 Å². The molecule has 100 valence electrons. The summed E-state index contributed by atoms with van der Waals surface area (Å²) in [5.74, 6) is -3.08. The Kier molecular flexibility index (Phi) is 4.61. The highest BCUT2D eigenvalue weighted by Gasteiger charge is 2.34. The molecule has 1 atom stereocenters. The lowest BCUT2D eigenvalue weighted by molar-refractivity contribution is -0.0350. The van der Waals surface area contributed by atoms with E-state index in [1.54, 1.807) is 25.1 Å². The second-order valence-electron chi connectivity index (χ2n) is 4.19. The van der Waals surface area contributed by atoms with Crippen LogP contribution in [-0.2, 0) is 5.92 Å². The summed E-state index contributed by atoms with van der Waals surface area (Å²) in [5, 5.41) is 11.3. The highest BCUT2D eigenvalue weighted by molar-refractivity contribution is 5.84. The molecule has 1 aromatic rings. The van der Waals surface area contributed by atoms with Crippen molar-refractivity contribution >= 4 is 5.84 Å². The van der Waals surface area contributed by atoms with Gasteiger partial charge in [-0.3, -0.25) is 4.90 Å². The maximum absolute atomic E-state index is 13.9. The standard InChI is InChI=1S/C12H17F2N3O/c1-9(11(15)16-18)17(2)8-12(13,14)10-6-4-3-5-7-10/h3-7,9,18H,8H2,1-2H3,(H2,15,16). The van der Waals surface area contributed by atoms with Crippen molar-refractivity contribution < 1.29 is 14.0 Å². The molecule has 0 aromatic heterocycles. The molecule has 0 saturated heterocycles. The Balaban J connectivity index is 2.78. The Hall–Kier alpha value is -1.69. The summed E-state index contributed by atoms with van der Waals surface area (Å²) < 4.78 is 27.9. The third kappa shape index (κ3) is 3.40. The van der Waals surface area contributed by atoms with Gasteiger partial charge >= 0.3 is 0 Å². The first-order valence-electron chi connectivity index (χ1n) is 5.49. The lowest BCUT2D eigenvalue weighted by atomic mass is 10.1. The van der Waals surface area contributed by atoms with Crippen molar-refractivity contribution in [2.75, 3.05) is 13.6 Å². The van der Waals surface area contributed by atoms with E-state index in [-0.39, 0.29) is 11.4 Å². The number of oxime groups is 1. The number of likely N-dealkylation sites (N-methyl/N-ethyl adjacent to an activating group) is 1. The monoisotopic (exact) mass is 257 g/mol. The molecule has 0 aliphatic carbocycles. The Morgan fingerprint density at radius 3 is 2.50 bits per heavy atom. The average molecular weight is 257 g/mol. The van der Waals surface area contributed by atoms with Crippen LogP contribution >= 0.6 is 0 Å². The number of benzene rings is 1. The van der Waals surface area contributed by atoms with E-state index in [0.717, 1.165) is 0 Å². The van der Waals surface area contributed by atoms with Crippen LogP contribution in [0, 0.1) is 0 Å². The molecule has 1 rings (SSSR count). The number of alkyl halides is 2. The van der Waals surface area contributed by atoms with Crippen molar-refractivity contribution in [1.29, 1.82) is 0 Å². The SMILES string of the molecule is CC(/C(N)=N/O)N(C)CC(F)(F)c1ccccc1. The normalized spacial score (nSPS) is 14.8. The minimum absolute atomic E-state index is 0.0523. The molecule has 0 radical (unpaired) electrons. The largest absolute Gasteiger partial charge is 0.409 e. The van der Waals surface area contributed by atoms with E-state index in [0.29, 0.717) is 0 Å². The smallest absolute Gasteiger partial charge is 0.285 e. The molecular formula is C12H17F2N3O. The molecule has 0 amide bonds. The van der Waals surface area contributed by atoms with Gasteiger partial charge in [-0.2, -0.15) is 8.78 Å². The van der Waals surface area contributed by atoms with Crippen molar-refractivity contribution in [3.05, 3.63) is 35.9 Å². The molecule has 0 aliphatic rings. The van der Waals surface area contributed by atoms with E-state index in [1.165, 1.54) is 24.1 Å². The van der Waals surface area contributed by atoms with Crippen molar-refractivity contribution in [1.82, 2.24) is 4.90 Å². The summed E-state index contributed by atoms with van der Waals surface area (Å²) in [6.07, 6.45) is 0. The molecule has 1 aromatic carbocycles. The van der Waals surface area contributed by atoms with Crippen molar-refractivity contribution in [3.8, 4) is 0 Å². The van der Waals surface area contributed by atoms with Gasteiger partial charge in [-0.05, 0) is 14.0 Å². The first-order valence-corrected chi connectivity index (χ1v) is 5.49. The number of halogens is 2. The first-order chi connectivity index (χ1) is 8.38. The summed E-state index contributed by atoms with van der Waals surface area (Å²) in [7, 11) is 1.50. The fourth-order valence-electron chi connectivity index (χ4n) is 1.53. The van der Waals surface area contributed by atoms with Crippen molar-refractivity contribution in [2.24, 2.45) is 10.9 Å². The van der Waals surface area contributed by atoms with Gasteiger partial charge in [-0.15, -0.1) is 0 Å². The second-order valence-corrected chi connectivity index (χ2v) is 4.19. The predicted octanol–water partition coefficient (Wildman–Crippen LogP) is 1.85. The van der Waals surface area contributed by atoms with Crippen LogP contribution in [0.3, 0.4) is 0 Å². The van der Waals surface area contributed by atoms with Gasteiger partial charge in [-0.1, -0.05) is 35.5 Å². The first kappa shape index (κ1) is 14.4. The molecule has 0 saturated carbocycles. The lowest BCUT2D eigenvalue weighted by Crippen LogP contribution is -2.45. The summed E-state index contributed by atoms with van der Waals surface area (Å²) in [5.41, 5.74) is 5.34. The Labute approximate surface area is 105 Å². The fourth-order valence-corrected chi connectivity index (χ4v) is 1.53. The van der Waals surface area contributed by atoms with Gasteiger partial charge in [0.05, 0.1) is 12.6 Å². The fraction of sp³-hybridized carbons (Fsp3) is 0.417. The van der Waals surface area contributed by atoms with Gasteiger partial charge in [0.2, 0.25) is 0 Å². The Morgan fingerprint density at radius 1 is 1.44 bits per heavy atom. The van der Waals surface area contributed by atoms with E-state index in [1.807, 2.05) is 0 Å². The average Bonchev–Trinajstić information content (AvgIpc) is 2.37. The number of nitrogens with zero attached hydrogens (tertiary/aromatic N) is 2. The molecule has 0 fully saturated rings. The second kappa shape index (κ2) is 5.77. The topological polar surface area (TPSA) is 61.9 Å². The number of rotatable bonds is 5. The molecule has 18 heavy (non-hydrogen) atoms. The molecule has 6 heteroatoms. The minimum atomic E-state index is -2.99. The van der Waals surface area contributed by atoms with Crippen LogP contribution in [0.5, 0.6) is 0 Å². The van der Waals surface area contributed by atoms with Gasteiger partial charge in [0, 0.05) is 5.56 Å². The van der Waals surface area contributed by atoms with Crippen LogP contribution in [0.25, 0.3) is 0 Å². The number of hydrogen-bond acceptors (Lipinski definition) is 3. The van der Waals surface area contributed by atoms with E-state index in [4.69, 9.17) is 10.9 Å². The van der Waals surface area contributed by atoms with Crippen LogP contribution in [0.2, 0.25) is 0 Å². The van der Waals surface area contributed by atoms with Crippen LogP contribution in [-0.4, -0.2) is 35.6 Å². The molecular weight excluding hydrogens is 240 g/mol. The van der Waals surface area contributed by atoms with Gasteiger partial charge in [-0.25, -0.2) is 0 Å². The van der Waals surface area contributed by atoms with Crippen molar-refractivity contribution in [2.45, 2.75) is 18.9 Å². The highest BCUT2D eigenvalue weighted by atomic mass is 19.3. The quantitative estimate of drug-likeness (QED) is 0.366. The van der Waals surface area contributed by atoms with Gasteiger partial charge in [0.25, 0.3) is 5.92 Å². The molecule has 0 bridgehead atoms. The summed E-state index contributed by atoms with van der Waals surface area (Å²) in [6.45, 7) is 1.09. The summed E-state index contributed by atoms with van der Waals surface area (Å²) >= 11 is 0. The number of nitrogens with two attached hydrogens (primary N) is 1. The zero-order chi connectivity index (χ0) is 13.8. The van der Waals surface area contributed by atoms with E-state index in [2.05, 4.69) is 5.16 Å². The molecule has 4 nitrogen and oxygen atoms in total. The predicted molar refractivity (Wildman–Crippen MR) is 65.8 cm³/mol. The number of hydrogen-bond donors (Lipinski definition) is 2. The molecule has 0 spiro atoms. The highest BCUT2D eigenvalue weighted by Crippen LogP contribution is 2.28. The van der Waals surface area contributed by atoms with Gasteiger partial charge in [0.15, 0.2) is 5.84 Å². The zero-order valence-electron chi connectivity index (χ0n) is 10.3. The summed E-state index contributed by atoms with van der Waals surface area (Å²) in [6, 6.07) is 7.00. The summed E-state index contributed by atoms with van der Waals surface area (Å²) in [4.78, 5) is 1.34. The zero-order valence-corrected chi connectivity index (χ0v) is 10.3. The van der Waals surface area contributed by atoms with E-state index < -0.39 is 18.5 Å². The maximum atomic E-state index is 13.9. The third-order valence-electron chi connectivity index (χ3n) is 2.85. The third-order valence-corrected chi connectivity index (χ3v) is 2.85. The molecule has 3 N–H and O–H groups in total. The lowest BCUT2D eigenvalue weighted by Gasteiger charge is -2.28. The van der Waals surface area contributed by atoms with Crippen LogP contribution in [0.4, 0.5) is 8.78 Å². The van der Waals surface area contributed by atoms with E-state index in [9.17, 15) is 8.78 Å². The van der Waals surface area contributed by atoms with Crippen LogP contribution in [0.1, 0.15) is 12.5 Å². The van der Waals surface area contributed by atoms with Crippen LogP contribution in [0.15, 0.2) is 35.5 Å². The number of amidine groups is 1.